The van der Waals surface area contributed by atoms with E-state index in [1.165, 1.54) is 0 Å². The summed E-state index contributed by atoms with van der Waals surface area (Å²) >= 11 is 3.36. The normalized spacial score (nSPS) is 18.6. The number of halogens is 1. The largest absolute Gasteiger partial charge is 0.497 e. The molecule has 3 nitrogen and oxygen atoms in total. The molecule has 86 valence electrons. The molecule has 0 fully saturated rings. The molecular formula is C13H10BrNO2. The highest BCUT2D eigenvalue weighted by molar-refractivity contribution is 9.09. The molecule has 1 aliphatic rings. The second-order valence-corrected chi connectivity index (χ2v) is 4.63. The average molecular weight is 292 g/mol. The molecule has 4 heteroatoms. The summed E-state index contributed by atoms with van der Waals surface area (Å²) < 4.78 is 10.9. The third-order valence-corrected chi connectivity index (χ3v) is 3.33. The van der Waals surface area contributed by atoms with Crippen molar-refractivity contribution in [2.24, 2.45) is 0 Å². The molecule has 1 atom stereocenters. The number of hydrogen-bond acceptors (Lipinski definition) is 3. The molecule has 0 N–H and O–H groups in total. The summed E-state index contributed by atoms with van der Waals surface area (Å²) in [5, 5.41) is 0.911. The minimum Gasteiger partial charge on any atom is -0.497 e. The number of pyridine rings is 1. The summed E-state index contributed by atoms with van der Waals surface area (Å²) in [4.78, 5) is 4.38. The van der Waals surface area contributed by atoms with E-state index in [1.54, 1.807) is 13.3 Å². The molecule has 2 aromatic rings. The number of ether oxygens (including phenoxy) is 2. The van der Waals surface area contributed by atoms with Crippen LogP contribution in [-0.4, -0.2) is 17.1 Å². The minimum atomic E-state index is -0.153. The number of rotatable bonds is 1. The Kier molecular flexibility index (Phi) is 2.67. The van der Waals surface area contributed by atoms with Crippen molar-refractivity contribution in [3.8, 4) is 11.5 Å². The fourth-order valence-electron chi connectivity index (χ4n) is 1.95. The SMILES string of the molecule is COc1ccc2ncc3c(c2c1)C[C]C(Br)O3. The van der Waals surface area contributed by atoms with Gasteiger partial charge in [-0.3, -0.25) is 4.98 Å². The Hall–Kier alpha value is -1.29. The first kappa shape index (κ1) is 10.8. The summed E-state index contributed by atoms with van der Waals surface area (Å²) in [6.07, 6.45) is 5.70. The van der Waals surface area contributed by atoms with E-state index in [2.05, 4.69) is 27.3 Å². The molecule has 1 aromatic carbocycles. The van der Waals surface area contributed by atoms with Gasteiger partial charge in [-0.25, -0.2) is 0 Å². The number of nitrogens with zero attached hydrogens (tertiary/aromatic N) is 1. The van der Waals surface area contributed by atoms with Gasteiger partial charge in [-0.15, -0.1) is 0 Å². The van der Waals surface area contributed by atoms with E-state index in [0.29, 0.717) is 0 Å². The first-order valence-corrected chi connectivity index (χ1v) is 6.19. The zero-order valence-electron chi connectivity index (χ0n) is 9.24. The Morgan fingerprint density at radius 3 is 3.24 bits per heavy atom. The van der Waals surface area contributed by atoms with Crippen molar-refractivity contribution in [3.63, 3.8) is 0 Å². The second kappa shape index (κ2) is 4.18. The van der Waals surface area contributed by atoms with Crippen LogP contribution < -0.4 is 9.47 Å². The summed E-state index contributed by atoms with van der Waals surface area (Å²) in [6, 6.07) is 5.85. The molecule has 0 aliphatic carbocycles. The third kappa shape index (κ3) is 1.86. The van der Waals surface area contributed by atoms with Gasteiger partial charge in [-0.2, -0.15) is 0 Å². The zero-order chi connectivity index (χ0) is 11.8. The lowest BCUT2D eigenvalue weighted by atomic mass is 10.0. The monoisotopic (exact) mass is 291 g/mol. The molecule has 1 aromatic heterocycles. The van der Waals surface area contributed by atoms with Gasteiger partial charge in [0.1, 0.15) is 11.5 Å². The van der Waals surface area contributed by atoms with E-state index in [4.69, 9.17) is 9.47 Å². The Morgan fingerprint density at radius 1 is 1.53 bits per heavy atom. The van der Waals surface area contributed by atoms with Crippen LogP contribution in [-0.2, 0) is 6.42 Å². The summed E-state index contributed by atoms with van der Waals surface area (Å²) in [5.41, 5.74) is 2.06. The van der Waals surface area contributed by atoms with Crippen molar-refractivity contribution in [3.05, 3.63) is 36.4 Å². The zero-order valence-corrected chi connectivity index (χ0v) is 10.8. The van der Waals surface area contributed by atoms with Crippen LogP contribution in [0.1, 0.15) is 5.56 Å². The van der Waals surface area contributed by atoms with Crippen LogP contribution in [0.15, 0.2) is 24.4 Å². The van der Waals surface area contributed by atoms with Crippen LogP contribution in [0, 0.1) is 6.42 Å². The Morgan fingerprint density at radius 2 is 2.41 bits per heavy atom. The maximum absolute atomic E-state index is 5.62. The molecular weight excluding hydrogens is 282 g/mol. The molecule has 2 heterocycles. The van der Waals surface area contributed by atoms with Crippen LogP contribution in [0.2, 0.25) is 0 Å². The highest BCUT2D eigenvalue weighted by Crippen LogP contribution is 2.34. The van der Waals surface area contributed by atoms with Gasteiger partial charge in [0.05, 0.1) is 18.8 Å². The van der Waals surface area contributed by atoms with Gasteiger partial charge >= 0.3 is 0 Å². The van der Waals surface area contributed by atoms with Gasteiger partial charge in [0.15, 0.2) is 5.01 Å². The summed E-state index contributed by atoms with van der Waals surface area (Å²) in [5.74, 6) is 1.64. The van der Waals surface area contributed by atoms with E-state index in [9.17, 15) is 0 Å². The lowest BCUT2D eigenvalue weighted by molar-refractivity contribution is 0.303. The number of aromatic nitrogens is 1. The standard InChI is InChI=1S/C13H10BrNO2/c1-16-8-2-4-11-10(6-8)9-3-5-13(14)17-12(9)7-15-11/h2,4,6-7,13H,3H2,1H3. The number of alkyl halides is 1. The molecule has 0 spiro atoms. The van der Waals surface area contributed by atoms with E-state index in [1.807, 2.05) is 18.2 Å². The first-order chi connectivity index (χ1) is 8.28. The summed E-state index contributed by atoms with van der Waals surface area (Å²) in [6.45, 7) is 0. The van der Waals surface area contributed by atoms with Crippen molar-refractivity contribution < 1.29 is 9.47 Å². The Bertz CT molecular complexity index is 571. The lowest BCUT2D eigenvalue weighted by Gasteiger charge is -2.22. The van der Waals surface area contributed by atoms with Gasteiger partial charge in [-0.05, 0) is 40.5 Å². The fourth-order valence-corrected chi connectivity index (χ4v) is 2.32. The van der Waals surface area contributed by atoms with Crippen LogP contribution >= 0.6 is 15.9 Å². The summed E-state index contributed by atoms with van der Waals surface area (Å²) in [7, 11) is 1.66. The molecule has 0 saturated carbocycles. The molecule has 1 unspecified atom stereocenters. The van der Waals surface area contributed by atoms with Crippen molar-refractivity contribution in [1.82, 2.24) is 4.98 Å². The van der Waals surface area contributed by atoms with Crippen molar-refractivity contribution in [1.29, 1.82) is 0 Å². The fraction of sp³-hybridized carbons (Fsp3) is 0.231. The van der Waals surface area contributed by atoms with Gasteiger partial charge in [-0.1, -0.05) is 0 Å². The van der Waals surface area contributed by atoms with Crippen molar-refractivity contribution in [2.75, 3.05) is 7.11 Å². The third-order valence-electron chi connectivity index (χ3n) is 2.82. The van der Waals surface area contributed by atoms with E-state index in [0.717, 1.165) is 34.4 Å². The minimum absolute atomic E-state index is 0.153. The van der Waals surface area contributed by atoms with Crippen LogP contribution in [0.3, 0.4) is 0 Å². The van der Waals surface area contributed by atoms with E-state index >= 15 is 0 Å². The maximum Gasteiger partial charge on any atom is 0.160 e. The van der Waals surface area contributed by atoms with Gasteiger partial charge in [0, 0.05) is 17.4 Å². The molecule has 3 rings (SSSR count). The van der Waals surface area contributed by atoms with Crippen LogP contribution in [0.4, 0.5) is 0 Å². The smallest absolute Gasteiger partial charge is 0.160 e. The number of hydrogen-bond donors (Lipinski definition) is 0. The quantitative estimate of drug-likeness (QED) is 0.757. The lowest BCUT2D eigenvalue weighted by Crippen LogP contribution is -2.17. The highest BCUT2D eigenvalue weighted by Gasteiger charge is 2.20. The Labute approximate surface area is 108 Å². The average Bonchev–Trinajstić information content (AvgIpc) is 2.37. The highest BCUT2D eigenvalue weighted by atomic mass is 79.9. The van der Waals surface area contributed by atoms with Gasteiger partial charge < -0.3 is 9.47 Å². The molecule has 0 amide bonds. The molecule has 17 heavy (non-hydrogen) atoms. The van der Waals surface area contributed by atoms with E-state index < -0.39 is 0 Å². The van der Waals surface area contributed by atoms with Gasteiger partial charge in [0.2, 0.25) is 0 Å². The van der Waals surface area contributed by atoms with Gasteiger partial charge in [0.25, 0.3) is 0 Å². The number of methoxy groups -OCH3 is 1. The first-order valence-electron chi connectivity index (χ1n) is 5.27. The van der Waals surface area contributed by atoms with Crippen molar-refractivity contribution >= 4 is 26.8 Å². The number of fused-ring (bicyclic) bond motifs is 3. The van der Waals surface area contributed by atoms with Crippen LogP contribution in [0.5, 0.6) is 11.5 Å². The predicted octanol–water partition coefficient (Wildman–Crippen LogP) is 2.98. The molecule has 0 bridgehead atoms. The van der Waals surface area contributed by atoms with Crippen LogP contribution in [0.25, 0.3) is 10.9 Å². The maximum atomic E-state index is 5.62. The Balaban J connectivity index is 2.21. The second-order valence-electron chi connectivity index (χ2n) is 3.80. The molecule has 2 radical (unpaired) electrons. The predicted molar refractivity (Wildman–Crippen MR) is 68.6 cm³/mol. The van der Waals surface area contributed by atoms with Crippen molar-refractivity contribution in [2.45, 2.75) is 11.4 Å². The number of benzene rings is 1. The topological polar surface area (TPSA) is 31.4 Å². The molecule has 0 saturated heterocycles. The molecule has 1 aliphatic heterocycles. The van der Waals surface area contributed by atoms with E-state index in [-0.39, 0.29) is 5.01 Å².